The highest BCUT2D eigenvalue weighted by Crippen LogP contribution is 2.30. The zero-order valence-corrected chi connectivity index (χ0v) is 13.9. The minimum Gasteiger partial charge on any atom is -0.493 e. The monoisotopic (exact) mass is 327 g/mol. The van der Waals surface area contributed by atoms with Gasteiger partial charge in [-0.05, 0) is 6.07 Å². The second-order valence-electron chi connectivity index (χ2n) is 5.22. The van der Waals surface area contributed by atoms with Crippen molar-refractivity contribution in [3.63, 3.8) is 0 Å². The number of ether oxygens (including phenoxy) is 2. The Morgan fingerprint density at radius 1 is 0.917 bits per heavy atom. The molecule has 5 nitrogen and oxygen atoms in total. The standard InChI is InChI=1S/C19H21NO4/c1-23-17-10-6-9-15(19(17)24-2)13-20-18(22)12-11-16(21)14-7-4-3-5-8-14/h3-10H,11-13H2,1-2H3,(H,20,22). The summed E-state index contributed by atoms with van der Waals surface area (Å²) in [5.41, 5.74) is 1.44. The van der Waals surface area contributed by atoms with Gasteiger partial charge in [-0.25, -0.2) is 0 Å². The number of hydrogen-bond donors (Lipinski definition) is 1. The molecule has 0 bridgehead atoms. The van der Waals surface area contributed by atoms with E-state index in [-0.39, 0.29) is 24.5 Å². The molecule has 0 aliphatic rings. The van der Waals surface area contributed by atoms with Crippen molar-refractivity contribution in [1.29, 1.82) is 0 Å². The number of methoxy groups -OCH3 is 2. The molecule has 0 unspecified atom stereocenters. The highest BCUT2D eigenvalue weighted by molar-refractivity contribution is 5.97. The van der Waals surface area contributed by atoms with Crippen molar-refractivity contribution in [2.75, 3.05) is 14.2 Å². The van der Waals surface area contributed by atoms with Crippen molar-refractivity contribution >= 4 is 11.7 Å². The minimum absolute atomic E-state index is 0.0373. The van der Waals surface area contributed by atoms with Crippen molar-refractivity contribution in [2.24, 2.45) is 0 Å². The van der Waals surface area contributed by atoms with E-state index < -0.39 is 0 Å². The first-order valence-electron chi connectivity index (χ1n) is 7.70. The molecule has 2 rings (SSSR count). The topological polar surface area (TPSA) is 64.6 Å². The summed E-state index contributed by atoms with van der Waals surface area (Å²) >= 11 is 0. The molecule has 0 fully saturated rings. The maximum atomic E-state index is 12.0. The molecule has 1 N–H and O–H groups in total. The smallest absolute Gasteiger partial charge is 0.220 e. The fraction of sp³-hybridized carbons (Fsp3) is 0.263. The quantitative estimate of drug-likeness (QED) is 0.757. The van der Waals surface area contributed by atoms with Gasteiger partial charge in [-0.2, -0.15) is 0 Å². The highest BCUT2D eigenvalue weighted by Gasteiger charge is 2.12. The average molecular weight is 327 g/mol. The van der Waals surface area contributed by atoms with Crippen molar-refractivity contribution in [3.8, 4) is 11.5 Å². The Labute approximate surface area is 141 Å². The summed E-state index contributed by atoms with van der Waals surface area (Å²) in [4.78, 5) is 24.0. The van der Waals surface area contributed by atoms with Crippen molar-refractivity contribution < 1.29 is 19.1 Å². The predicted octanol–water partition coefficient (Wildman–Crippen LogP) is 2.98. The molecule has 0 saturated heterocycles. The molecule has 0 spiro atoms. The SMILES string of the molecule is COc1cccc(CNC(=O)CCC(=O)c2ccccc2)c1OC. The van der Waals surface area contributed by atoms with Gasteiger partial charge in [0.05, 0.1) is 14.2 Å². The number of Topliss-reactive ketones (excluding diaryl/α,β-unsaturated/α-hetero) is 1. The molecule has 1 amide bonds. The van der Waals surface area contributed by atoms with Crippen molar-refractivity contribution in [1.82, 2.24) is 5.32 Å². The predicted molar refractivity (Wildman–Crippen MR) is 91.4 cm³/mol. The van der Waals surface area contributed by atoms with Crippen LogP contribution in [0.25, 0.3) is 0 Å². The van der Waals surface area contributed by atoms with Crippen LogP contribution < -0.4 is 14.8 Å². The van der Waals surface area contributed by atoms with E-state index in [1.54, 1.807) is 32.4 Å². The molecule has 0 atom stereocenters. The lowest BCUT2D eigenvalue weighted by atomic mass is 10.1. The van der Waals surface area contributed by atoms with Gasteiger partial charge in [0.25, 0.3) is 0 Å². The van der Waals surface area contributed by atoms with Crippen LogP contribution in [0, 0.1) is 0 Å². The molecule has 0 aliphatic heterocycles. The van der Waals surface area contributed by atoms with Crippen LogP contribution in [0.15, 0.2) is 48.5 Å². The van der Waals surface area contributed by atoms with E-state index in [1.165, 1.54) is 0 Å². The van der Waals surface area contributed by atoms with Crippen LogP contribution >= 0.6 is 0 Å². The summed E-state index contributed by atoms with van der Waals surface area (Å²) in [5, 5.41) is 2.81. The van der Waals surface area contributed by atoms with Gasteiger partial charge in [-0.3, -0.25) is 9.59 Å². The van der Waals surface area contributed by atoms with Gasteiger partial charge in [-0.1, -0.05) is 42.5 Å². The number of carbonyl (C=O) groups excluding carboxylic acids is 2. The number of hydrogen-bond acceptors (Lipinski definition) is 4. The first-order valence-corrected chi connectivity index (χ1v) is 7.70. The number of rotatable bonds is 8. The molecule has 0 aliphatic carbocycles. The molecule has 0 aromatic heterocycles. The number of nitrogens with one attached hydrogen (secondary N) is 1. The Kier molecular flexibility index (Phi) is 6.37. The van der Waals surface area contributed by atoms with E-state index in [1.807, 2.05) is 30.3 Å². The van der Waals surface area contributed by atoms with E-state index in [2.05, 4.69) is 5.32 Å². The van der Waals surface area contributed by atoms with Crippen LogP contribution in [0.2, 0.25) is 0 Å². The van der Waals surface area contributed by atoms with Crippen molar-refractivity contribution in [3.05, 3.63) is 59.7 Å². The van der Waals surface area contributed by atoms with E-state index in [4.69, 9.17) is 9.47 Å². The lowest BCUT2D eigenvalue weighted by molar-refractivity contribution is -0.121. The largest absolute Gasteiger partial charge is 0.493 e. The Morgan fingerprint density at radius 3 is 2.33 bits per heavy atom. The third-order valence-corrected chi connectivity index (χ3v) is 3.64. The van der Waals surface area contributed by atoms with Crippen LogP contribution in [-0.4, -0.2) is 25.9 Å². The Bertz CT molecular complexity index is 698. The van der Waals surface area contributed by atoms with Crippen LogP contribution in [0.5, 0.6) is 11.5 Å². The van der Waals surface area contributed by atoms with Gasteiger partial charge >= 0.3 is 0 Å². The zero-order valence-electron chi connectivity index (χ0n) is 13.9. The molecule has 126 valence electrons. The third-order valence-electron chi connectivity index (χ3n) is 3.64. The molecule has 0 radical (unpaired) electrons. The maximum Gasteiger partial charge on any atom is 0.220 e. The lowest BCUT2D eigenvalue weighted by Crippen LogP contribution is -2.23. The molecule has 0 saturated carbocycles. The molecular weight excluding hydrogens is 306 g/mol. The average Bonchev–Trinajstić information content (AvgIpc) is 2.64. The maximum absolute atomic E-state index is 12.0. The molecule has 0 heterocycles. The molecule has 2 aromatic rings. The van der Waals surface area contributed by atoms with Crippen LogP contribution in [0.1, 0.15) is 28.8 Å². The number of para-hydroxylation sites is 1. The summed E-state index contributed by atoms with van der Waals surface area (Å²) in [6, 6.07) is 14.5. The normalized spacial score (nSPS) is 10.1. The Morgan fingerprint density at radius 2 is 1.67 bits per heavy atom. The summed E-state index contributed by atoms with van der Waals surface area (Å²) in [7, 11) is 3.12. The van der Waals surface area contributed by atoms with Gasteiger partial charge in [0.1, 0.15) is 0 Å². The van der Waals surface area contributed by atoms with Gasteiger partial charge < -0.3 is 14.8 Å². The third kappa shape index (κ3) is 4.59. The van der Waals surface area contributed by atoms with E-state index in [0.29, 0.717) is 23.6 Å². The van der Waals surface area contributed by atoms with E-state index in [9.17, 15) is 9.59 Å². The van der Waals surface area contributed by atoms with E-state index >= 15 is 0 Å². The number of amides is 1. The summed E-state index contributed by atoms with van der Waals surface area (Å²) in [5.74, 6) is 0.998. The minimum atomic E-state index is -0.177. The fourth-order valence-corrected chi connectivity index (χ4v) is 2.37. The first kappa shape index (κ1) is 17.5. The molecule has 5 heteroatoms. The Hall–Kier alpha value is -2.82. The second kappa shape index (κ2) is 8.72. The van der Waals surface area contributed by atoms with E-state index in [0.717, 1.165) is 5.56 Å². The number of benzene rings is 2. The van der Waals surface area contributed by atoms with Gasteiger partial charge in [0.2, 0.25) is 5.91 Å². The molecule has 24 heavy (non-hydrogen) atoms. The molecular formula is C19H21NO4. The van der Waals surface area contributed by atoms with Gasteiger partial charge in [0.15, 0.2) is 17.3 Å². The van der Waals surface area contributed by atoms with Gasteiger partial charge in [0, 0.05) is 30.5 Å². The van der Waals surface area contributed by atoms with Crippen LogP contribution in [-0.2, 0) is 11.3 Å². The first-order chi connectivity index (χ1) is 11.7. The fourth-order valence-electron chi connectivity index (χ4n) is 2.37. The van der Waals surface area contributed by atoms with Crippen molar-refractivity contribution in [2.45, 2.75) is 19.4 Å². The number of carbonyl (C=O) groups is 2. The highest BCUT2D eigenvalue weighted by atomic mass is 16.5. The molecule has 2 aromatic carbocycles. The summed E-state index contributed by atoms with van der Waals surface area (Å²) in [6.45, 7) is 0.318. The zero-order chi connectivity index (χ0) is 17.4. The van der Waals surface area contributed by atoms with Gasteiger partial charge in [-0.15, -0.1) is 0 Å². The summed E-state index contributed by atoms with van der Waals surface area (Å²) in [6.07, 6.45) is 0.338. The second-order valence-corrected chi connectivity index (χ2v) is 5.22. The van der Waals surface area contributed by atoms with Crippen LogP contribution in [0.3, 0.4) is 0 Å². The number of ketones is 1. The van der Waals surface area contributed by atoms with Crippen LogP contribution in [0.4, 0.5) is 0 Å². The summed E-state index contributed by atoms with van der Waals surface area (Å²) < 4.78 is 10.6. The Balaban J connectivity index is 1.87. The lowest BCUT2D eigenvalue weighted by Gasteiger charge is -2.13.